The normalized spacial score (nSPS) is 10.5. The maximum atomic E-state index is 13.9. The van der Waals surface area contributed by atoms with E-state index in [4.69, 9.17) is 15.2 Å². The predicted molar refractivity (Wildman–Crippen MR) is 89.3 cm³/mol. The Hall–Kier alpha value is -3.08. The SMILES string of the molecule is COc1cccc(-c2cc(N)ccc2Oc2ccc(F)cc2F)c1. The van der Waals surface area contributed by atoms with Gasteiger partial charge in [-0.25, -0.2) is 8.78 Å². The van der Waals surface area contributed by atoms with Crippen LogP contribution in [0.15, 0.2) is 60.7 Å². The number of ether oxygens (including phenoxy) is 2. The smallest absolute Gasteiger partial charge is 0.168 e. The summed E-state index contributed by atoms with van der Waals surface area (Å²) in [5.41, 5.74) is 7.89. The molecule has 0 aromatic heterocycles. The summed E-state index contributed by atoms with van der Waals surface area (Å²) in [6, 6.07) is 15.5. The Labute approximate surface area is 138 Å². The van der Waals surface area contributed by atoms with Crippen molar-refractivity contribution >= 4 is 5.69 Å². The number of hydrogen-bond donors (Lipinski definition) is 1. The first-order valence-electron chi connectivity index (χ1n) is 7.23. The van der Waals surface area contributed by atoms with Gasteiger partial charge in [0.1, 0.15) is 17.3 Å². The van der Waals surface area contributed by atoms with Gasteiger partial charge >= 0.3 is 0 Å². The van der Waals surface area contributed by atoms with Gasteiger partial charge in [-0.2, -0.15) is 0 Å². The van der Waals surface area contributed by atoms with Crippen molar-refractivity contribution in [1.82, 2.24) is 0 Å². The zero-order chi connectivity index (χ0) is 17.1. The number of hydrogen-bond acceptors (Lipinski definition) is 3. The third-order valence-corrected chi connectivity index (χ3v) is 3.50. The Bertz CT molecular complexity index is 881. The molecule has 0 spiro atoms. The van der Waals surface area contributed by atoms with Crippen LogP contribution >= 0.6 is 0 Å². The second-order valence-corrected chi connectivity index (χ2v) is 5.16. The molecule has 0 saturated carbocycles. The minimum Gasteiger partial charge on any atom is -0.497 e. The topological polar surface area (TPSA) is 44.5 Å². The van der Waals surface area contributed by atoms with Crippen molar-refractivity contribution in [3.05, 3.63) is 72.3 Å². The maximum absolute atomic E-state index is 13.9. The Kier molecular flexibility index (Phi) is 4.33. The highest BCUT2D eigenvalue weighted by Gasteiger charge is 2.12. The lowest BCUT2D eigenvalue weighted by Crippen LogP contribution is -1.94. The Balaban J connectivity index is 2.05. The van der Waals surface area contributed by atoms with Crippen molar-refractivity contribution in [1.29, 1.82) is 0 Å². The number of nitrogen functional groups attached to an aromatic ring is 1. The number of methoxy groups -OCH3 is 1. The number of benzene rings is 3. The second kappa shape index (κ2) is 6.58. The molecular weight excluding hydrogens is 312 g/mol. The van der Waals surface area contributed by atoms with E-state index in [0.29, 0.717) is 22.7 Å². The molecule has 0 aliphatic heterocycles. The molecule has 0 atom stereocenters. The second-order valence-electron chi connectivity index (χ2n) is 5.16. The summed E-state index contributed by atoms with van der Waals surface area (Å²) in [5.74, 6) is -0.421. The minimum atomic E-state index is -0.775. The van der Waals surface area contributed by atoms with Gasteiger partial charge in [-0.05, 0) is 48.0 Å². The van der Waals surface area contributed by atoms with Gasteiger partial charge in [0.25, 0.3) is 0 Å². The van der Waals surface area contributed by atoms with E-state index in [9.17, 15) is 8.78 Å². The summed E-state index contributed by atoms with van der Waals surface area (Å²) in [7, 11) is 1.57. The van der Waals surface area contributed by atoms with Crippen LogP contribution in [-0.4, -0.2) is 7.11 Å². The van der Waals surface area contributed by atoms with Crippen molar-refractivity contribution in [2.45, 2.75) is 0 Å². The van der Waals surface area contributed by atoms with Gasteiger partial charge in [-0.15, -0.1) is 0 Å². The molecule has 3 rings (SSSR count). The van der Waals surface area contributed by atoms with Crippen molar-refractivity contribution in [3.63, 3.8) is 0 Å². The monoisotopic (exact) mass is 327 g/mol. The largest absolute Gasteiger partial charge is 0.497 e. The van der Waals surface area contributed by atoms with E-state index in [1.807, 2.05) is 24.3 Å². The van der Waals surface area contributed by atoms with Crippen LogP contribution < -0.4 is 15.2 Å². The average Bonchev–Trinajstić information content (AvgIpc) is 2.58. The molecule has 122 valence electrons. The quantitative estimate of drug-likeness (QED) is 0.685. The molecule has 0 radical (unpaired) electrons. The van der Waals surface area contributed by atoms with Gasteiger partial charge in [0, 0.05) is 17.3 Å². The molecule has 5 heteroatoms. The molecule has 2 N–H and O–H groups in total. The van der Waals surface area contributed by atoms with Gasteiger partial charge < -0.3 is 15.2 Å². The summed E-state index contributed by atoms with van der Waals surface area (Å²) in [6.45, 7) is 0. The van der Waals surface area contributed by atoms with E-state index >= 15 is 0 Å². The summed E-state index contributed by atoms with van der Waals surface area (Å²) in [5, 5.41) is 0. The molecule has 0 aliphatic carbocycles. The standard InChI is InChI=1S/C19H15F2NO2/c1-23-15-4-2-3-12(9-15)16-11-14(22)6-8-18(16)24-19-7-5-13(20)10-17(19)21/h2-11H,22H2,1H3. The van der Waals surface area contributed by atoms with Gasteiger partial charge in [0.2, 0.25) is 0 Å². The highest BCUT2D eigenvalue weighted by atomic mass is 19.1. The fourth-order valence-corrected chi connectivity index (χ4v) is 2.33. The van der Waals surface area contributed by atoms with Crippen LogP contribution in [0.2, 0.25) is 0 Å². The first-order valence-corrected chi connectivity index (χ1v) is 7.23. The van der Waals surface area contributed by atoms with E-state index in [0.717, 1.165) is 17.7 Å². The third kappa shape index (κ3) is 3.30. The molecule has 24 heavy (non-hydrogen) atoms. The third-order valence-electron chi connectivity index (χ3n) is 3.50. The van der Waals surface area contributed by atoms with E-state index < -0.39 is 11.6 Å². The van der Waals surface area contributed by atoms with E-state index in [1.54, 1.807) is 25.3 Å². The van der Waals surface area contributed by atoms with Crippen LogP contribution in [-0.2, 0) is 0 Å². The fraction of sp³-hybridized carbons (Fsp3) is 0.0526. The Morgan fingerprint density at radius 2 is 1.67 bits per heavy atom. The Morgan fingerprint density at radius 3 is 2.42 bits per heavy atom. The predicted octanol–water partition coefficient (Wildman–Crippen LogP) is 5.01. The first-order chi connectivity index (χ1) is 11.6. The van der Waals surface area contributed by atoms with E-state index in [-0.39, 0.29) is 5.75 Å². The molecule has 3 aromatic carbocycles. The molecule has 3 aromatic rings. The highest BCUT2D eigenvalue weighted by molar-refractivity contribution is 5.75. The minimum absolute atomic E-state index is 0.0645. The summed E-state index contributed by atoms with van der Waals surface area (Å²) in [4.78, 5) is 0. The zero-order valence-corrected chi connectivity index (χ0v) is 12.9. The fourth-order valence-electron chi connectivity index (χ4n) is 2.33. The van der Waals surface area contributed by atoms with Crippen LogP contribution in [0.25, 0.3) is 11.1 Å². The van der Waals surface area contributed by atoms with Crippen molar-refractivity contribution in [3.8, 4) is 28.4 Å². The molecule has 3 nitrogen and oxygen atoms in total. The van der Waals surface area contributed by atoms with Crippen LogP contribution in [0.1, 0.15) is 0 Å². The number of rotatable bonds is 4. The van der Waals surface area contributed by atoms with Gasteiger partial charge in [0.15, 0.2) is 11.6 Å². The number of anilines is 1. The van der Waals surface area contributed by atoms with Crippen LogP contribution in [0.4, 0.5) is 14.5 Å². The number of halogens is 2. The highest BCUT2D eigenvalue weighted by Crippen LogP contribution is 2.37. The summed E-state index contributed by atoms with van der Waals surface area (Å²) in [6.07, 6.45) is 0. The lowest BCUT2D eigenvalue weighted by Gasteiger charge is -2.13. The van der Waals surface area contributed by atoms with Gasteiger partial charge in [-0.3, -0.25) is 0 Å². The van der Waals surface area contributed by atoms with Crippen LogP contribution in [0.5, 0.6) is 17.2 Å². The average molecular weight is 327 g/mol. The van der Waals surface area contributed by atoms with Crippen molar-refractivity contribution in [2.24, 2.45) is 0 Å². The van der Waals surface area contributed by atoms with Crippen molar-refractivity contribution in [2.75, 3.05) is 12.8 Å². The van der Waals surface area contributed by atoms with Gasteiger partial charge in [0.05, 0.1) is 7.11 Å². The Morgan fingerprint density at radius 1 is 0.875 bits per heavy atom. The van der Waals surface area contributed by atoms with E-state index in [2.05, 4.69) is 0 Å². The van der Waals surface area contributed by atoms with Gasteiger partial charge in [-0.1, -0.05) is 12.1 Å². The first kappa shape index (κ1) is 15.8. The summed E-state index contributed by atoms with van der Waals surface area (Å²) < 4.78 is 37.8. The molecule has 0 bridgehead atoms. The molecule has 0 heterocycles. The van der Waals surface area contributed by atoms with Crippen LogP contribution in [0.3, 0.4) is 0 Å². The lowest BCUT2D eigenvalue weighted by molar-refractivity contribution is 0.415. The number of nitrogens with two attached hydrogens (primary N) is 1. The molecule has 0 unspecified atom stereocenters. The van der Waals surface area contributed by atoms with Crippen LogP contribution in [0, 0.1) is 11.6 Å². The van der Waals surface area contributed by atoms with Crippen molar-refractivity contribution < 1.29 is 18.3 Å². The zero-order valence-electron chi connectivity index (χ0n) is 12.9. The molecular formula is C19H15F2NO2. The van der Waals surface area contributed by atoms with E-state index in [1.165, 1.54) is 6.07 Å². The molecule has 0 fully saturated rings. The molecule has 0 saturated heterocycles. The summed E-state index contributed by atoms with van der Waals surface area (Å²) >= 11 is 0. The maximum Gasteiger partial charge on any atom is 0.168 e. The molecule has 0 amide bonds. The lowest BCUT2D eigenvalue weighted by atomic mass is 10.0. The molecule has 0 aliphatic rings.